The fraction of sp³-hybridized carbons (Fsp3) is 0.588. The molecule has 1 aromatic rings. The molecule has 2 nitrogen and oxygen atoms in total. The third-order valence-corrected chi connectivity index (χ3v) is 4.80. The Bertz CT molecular complexity index is 443. The first-order valence-electron chi connectivity index (χ1n) is 7.53. The predicted octanol–water partition coefficient (Wildman–Crippen LogP) is 3.94. The van der Waals surface area contributed by atoms with Crippen LogP contribution >= 0.6 is 11.6 Å². The van der Waals surface area contributed by atoms with Crippen LogP contribution < -0.4 is 0 Å². The molecule has 1 aliphatic rings. The smallest absolute Gasteiger partial charge is 0.222 e. The molecule has 0 N–H and O–H groups in total. The maximum absolute atomic E-state index is 12.3. The Balaban J connectivity index is 1.86. The molecule has 0 spiro atoms. The van der Waals surface area contributed by atoms with Crippen molar-refractivity contribution >= 4 is 17.5 Å². The summed E-state index contributed by atoms with van der Waals surface area (Å²) in [6.07, 6.45) is 5.82. The SMILES string of the molecule is Cc1ccc(CCC(=O)N(C)C2CCCCC2Cl)cc1. The third-order valence-electron chi connectivity index (χ3n) is 4.29. The number of aryl methyl sites for hydroxylation is 2. The van der Waals surface area contributed by atoms with Crippen LogP contribution in [-0.4, -0.2) is 29.3 Å². The van der Waals surface area contributed by atoms with Gasteiger partial charge in [0.05, 0.1) is 5.38 Å². The molecule has 0 radical (unpaired) electrons. The Labute approximate surface area is 127 Å². The summed E-state index contributed by atoms with van der Waals surface area (Å²) in [7, 11) is 1.91. The van der Waals surface area contributed by atoms with Crippen molar-refractivity contribution < 1.29 is 4.79 Å². The van der Waals surface area contributed by atoms with Crippen LogP contribution in [0.25, 0.3) is 0 Å². The fourth-order valence-corrected chi connectivity index (χ4v) is 3.32. The molecular weight excluding hydrogens is 270 g/mol. The molecule has 20 heavy (non-hydrogen) atoms. The zero-order valence-electron chi connectivity index (χ0n) is 12.4. The van der Waals surface area contributed by atoms with Crippen LogP contribution in [0.4, 0.5) is 0 Å². The van der Waals surface area contributed by atoms with Gasteiger partial charge in [0, 0.05) is 19.5 Å². The van der Waals surface area contributed by atoms with Gasteiger partial charge in [-0.25, -0.2) is 0 Å². The molecule has 1 saturated carbocycles. The predicted molar refractivity (Wildman–Crippen MR) is 84.2 cm³/mol. The van der Waals surface area contributed by atoms with Crippen molar-refractivity contribution in [3.05, 3.63) is 35.4 Å². The van der Waals surface area contributed by atoms with Gasteiger partial charge in [-0.1, -0.05) is 42.7 Å². The molecule has 2 unspecified atom stereocenters. The van der Waals surface area contributed by atoms with Crippen LogP contribution in [0.15, 0.2) is 24.3 Å². The number of alkyl halides is 1. The van der Waals surface area contributed by atoms with Crippen LogP contribution in [-0.2, 0) is 11.2 Å². The van der Waals surface area contributed by atoms with E-state index < -0.39 is 0 Å². The Kier molecular flexibility index (Phi) is 5.47. The lowest BCUT2D eigenvalue weighted by Crippen LogP contribution is -2.44. The molecule has 1 aromatic carbocycles. The fourth-order valence-electron chi connectivity index (χ4n) is 2.87. The van der Waals surface area contributed by atoms with Gasteiger partial charge in [-0.05, 0) is 31.7 Å². The quantitative estimate of drug-likeness (QED) is 0.770. The number of hydrogen-bond donors (Lipinski definition) is 0. The summed E-state index contributed by atoms with van der Waals surface area (Å²) in [6.45, 7) is 2.08. The van der Waals surface area contributed by atoms with Crippen LogP contribution in [0.3, 0.4) is 0 Å². The lowest BCUT2D eigenvalue weighted by Gasteiger charge is -2.35. The lowest BCUT2D eigenvalue weighted by molar-refractivity contribution is -0.132. The van der Waals surface area contributed by atoms with Gasteiger partial charge >= 0.3 is 0 Å². The van der Waals surface area contributed by atoms with E-state index in [1.54, 1.807) is 0 Å². The van der Waals surface area contributed by atoms with E-state index in [2.05, 4.69) is 31.2 Å². The van der Waals surface area contributed by atoms with Gasteiger partial charge in [0.2, 0.25) is 5.91 Å². The van der Waals surface area contributed by atoms with E-state index in [0.29, 0.717) is 6.42 Å². The summed E-state index contributed by atoms with van der Waals surface area (Å²) in [6, 6.07) is 8.62. The number of hydrogen-bond acceptors (Lipinski definition) is 1. The number of carbonyl (C=O) groups is 1. The average molecular weight is 294 g/mol. The van der Waals surface area contributed by atoms with Crippen LogP contribution in [0.2, 0.25) is 0 Å². The Morgan fingerprint density at radius 1 is 1.25 bits per heavy atom. The van der Waals surface area contributed by atoms with Gasteiger partial charge in [-0.2, -0.15) is 0 Å². The Hall–Kier alpha value is -1.02. The standard InChI is InChI=1S/C17H24ClNO/c1-13-7-9-14(10-8-13)11-12-17(20)19(2)16-6-4-3-5-15(16)18/h7-10,15-16H,3-6,11-12H2,1-2H3. The second-order valence-electron chi connectivity index (χ2n) is 5.86. The number of benzene rings is 1. The highest BCUT2D eigenvalue weighted by Gasteiger charge is 2.28. The van der Waals surface area contributed by atoms with Gasteiger partial charge in [-0.3, -0.25) is 4.79 Å². The number of nitrogens with zero attached hydrogens (tertiary/aromatic N) is 1. The highest BCUT2D eigenvalue weighted by molar-refractivity contribution is 6.21. The topological polar surface area (TPSA) is 20.3 Å². The second-order valence-corrected chi connectivity index (χ2v) is 6.42. The van der Waals surface area contributed by atoms with E-state index in [4.69, 9.17) is 11.6 Å². The zero-order chi connectivity index (χ0) is 14.5. The molecule has 1 amide bonds. The van der Waals surface area contributed by atoms with E-state index >= 15 is 0 Å². The minimum atomic E-state index is 0.122. The molecule has 2 rings (SSSR count). The van der Waals surface area contributed by atoms with E-state index in [-0.39, 0.29) is 17.3 Å². The molecule has 0 heterocycles. The Morgan fingerprint density at radius 3 is 2.55 bits per heavy atom. The van der Waals surface area contributed by atoms with Crippen molar-refractivity contribution in [2.24, 2.45) is 0 Å². The maximum atomic E-state index is 12.3. The molecule has 0 bridgehead atoms. The summed E-state index contributed by atoms with van der Waals surface area (Å²) in [5.74, 6) is 0.211. The molecule has 110 valence electrons. The maximum Gasteiger partial charge on any atom is 0.222 e. The third kappa shape index (κ3) is 3.99. The zero-order valence-corrected chi connectivity index (χ0v) is 13.2. The van der Waals surface area contributed by atoms with Crippen molar-refractivity contribution in [1.82, 2.24) is 4.90 Å². The van der Waals surface area contributed by atoms with Crippen molar-refractivity contribution in [3.63, 3.8) is 0 Å². The first kappa shape index (κ1) is 15.4. The van der Waals surface area contributed by atoms with E-state index in [1.165, 1.54) is 24.0 Å². The summed E-state index contributed by atoms with van der Waals surface area (Å²) < 4.78 is 0. The molecule has 3 heteroatoms. The normalized spacial score (nSPS) is 22.6. The highest BCUT2D eigenvalue weighted by Crippen LogP contribution is 2.27. The minimum absolute atomic E-state index is 0.122. The van der Waals surface area contributed by atoms with E-state index in [1.807, 2.05) is 11.9 Å². The first-order valence-corrected chi connectivity index (χ1v) is 7.97. The lowest BCUT2D eigenvalue weighted by atomic mass is 9.93. The molecule has 0 aromatic heterocycles. The summed E-state index contributed by atoms with van der Waals surface area (Å²) in [5, 5.41) is 0.122. The van der Waals surface area contributed by atoms with Crippen LogP contribution in [0.5, 0.6) is 0 Å². The van der Waals surface area contributed by atoms with Crippen LogP contribution in [0.1, 0.15) is 43.2 Å². The van der Waals surface area contributed by atoms with Crippen LogP contribution in [0, 0.1) is 6.92 Å². The largest absolute Gasteiger partial charge is 0.341 e. The molecule has 1 aliphatic carbocycles. The average Bonchev–Trinajstić information content (AvgIpc) is 2.46. The summed E-state index contributed by atoms with van der Waals surface area (Å²) in [5.41, 5.74) is 2.48. The van der Waals surface area contributed by atoms with Crippen molar-refractivity contribution in [2.45, 2.75) is 56.9 Å². The molecular formula is C17H24ClNO. The number of rotatable bonds is 4. The molecule has 0 aliphatic heterocycles. The van der Waals surface area contributed by atoms with E-state index in [9.17, 15) is 4.79 Å². The van der Waals surface area contributed by atoms with E-state index in [0.717, 1.165) is 19.3 Å². The molecule has 2 atom stereocenters. The molecule has 0 saturated heterocycles. The molecule has 1 fully saturated rings. The summed E-state index contributed by atoms with van der Waals surface area (Å²) >= 11 is 6.36. The van der Waals surface area contributed by atoms with Gasteiger partial charge in [0.15, 0.2) is 0 Å². The minimum Gasteiger partial charge on any atom is -0.341 e. The number of halogens is 1. The highest BCUT2D eigenvalue weighted by atomic mass is 35.5. The van der Waals surface area contributed by atoms with Gasteiger partial charge in [0.25, 0.3) is 0 Å². The number of amides is 1. The van der Waals surface area contributed by atoms with Gasteiger partial charge < -0.3 is 4.90 Å². The summed E-state index contributed by atoms with van der Waals surface area (Å²) in [4.78, 5) is 14.2. The van der Waals surface area contributed by atoms with Crippen molar-refractivity contribution in [2.75, 3.05) is 7.05 Å². The first-order chi connectivity index (χ1) is 9.58. The monoisotopic (exact) mass is 293 g/mol. The number of carbonyl (C=O) groups excluding carboxylic acids is 1. The van der Waals surface area contributed by atoms with Crippen molar-refractivity contribution in [1.29, 1.82) is 0 Å². The second kappa shape index (κ2) is 7.12. The van der Waals surface area contributed by atoms with Gasteiger partial charge in [0.1, 0.15) is 0 Å². The van der Waals surface area contributed by atoms with Gasteiger partial charge in [-0.15, -0.1) is 11.6 Å². The Morgan fingerprint density at radius 2 is 1.90 bits per heavy atom. The van der Waals surface area contributed by atoms with Crippen molar-refractivity contribution in [3.8, 4) is 0 Å².